The highest BCUT2D eigenvalue weighted by Gasteiger charge is 2.16. The van der Waals surface area contributed by atoms with E-state index in [1.807, 2.05) is 38.1 Å². The van der Waals surface area contributed by atoms with E-state index in [4.69, 9.17) is 16.3 Å². The van der Waals surface area contributed by atoms with E-state index in [1.54, 1.807) is 6.07 Å². The first-order chi connectivity index (χ1) is 13.6. The van der Waals surface area contributed by atoms with Gasteiger partial charge in [-0.15, -0.1) is 0 Å². The van der Waals surface area contributed by atoms with Crippen molar-refractivity contribution in [3.05, 3.63) is 58.6 Å². The fourth-order valence-corrected chi connectivity index (χ4v) is 3.41. The number of amides is 1. The minimum atomic E-state index is -3.43. The van der Waals surface area contributed by atoms with Crippen LogP contribution in [0.5, 0.6) is 5.75 Å². The van der Waals surface area contributed by atoms with Crippen LogP contribution in [0.1, 0.15) is 36.2 Å². The van der Waals surface area contributed by atoms with Crippen LogP contribution in [0.4, 0.5) is 5.69 Å². The summed E-state index contributed by atoms with van der Waals surface area (Å²) >= 11 is 6.13. The third-order valence-electron chi connectivity index (χ3n) is 4.25. The Bertz CT molecular complexity index is 961. The van der Waals surface area contributed by atoms with E-state index in [0.717, 1.165) is 34.7 Å². The van der Waals surface area contributed by atoms with E-state index >= 15 is 0 Å². The van der Waals surface area contributed by atoms with Gasteiger partial charge in [-0.3, -0.25) is 9.10 Å². The molecule has 0 fully saturated rings. The number of benzene rings is 2. The lowest BCUT2D eigenvalue weighted by Gasteiger charge is -2.18. The Morgan fingerprint density at radius 3 is 2.59 bits per heavy atom. The summed E-state index contributed by atoms with van der Waals surface area (Å²) in [6.07, 6.45) is 2.76. The number of nitrogens with one attached hydrogen (secondary N) is 1. The van der Waals surface area contributed by atoms with Crippen molar-refractivity contribution < 1.29 is 17.9 Å². The fraction of sp³-hybridized carbons (Fsp3) is 0.381. The van der Waals surface area contributed by atoms with Gasteiger partial charge in [-0.2, -0.15) is 0 Å². The molecule has 29 heavy (non-hydrogen) atoms. The first-order valence-electron chi connectivity index (χ1n) is 9.35. The molecule has 0 bridgehead atoms. The van der Waals surface area contributed by atoms with Gasteiger partial charge in [0.25, 0.3) is 5.91 Å². The fourth-order valence-electron chi connectivity index (χ4n) is 2.71. The average molecular weight is 439 g/mol. The molecule has 0 aliphatic rings. The SMILES string of the molecule is CC(C)Oc1cccc(CCCNC(=O)c2cc(N(C)S(C)(=O)=O)ccc2Cl)c1. The quantitative estimate of drug-likeness (QED) is 0.602. The molecule has 2 rings (SSSR count). The molecule has 0 aliphatic carbocycles. The van der Waals surface area contributed by atoms with Crippen LogP contribution in [0.25, 0.3) is 0 Å². The first-order valence-corrected chi connectivity index (χ1v) is 11.6. The molecular weight excluding hydrogens is 412 g/mol. The Kier molecular flexibility index (Phi) is 7.93. The number of nitrogens with zero attached hydrogens (tertiary/aromatic N) is 1. The molecule has 0 spiro atoms. The van der Waals surface area contributed by atoms with Gasteiger partial charge >= 0.3 is 0 Å². The highest BCUT2D eigenvalue weighted by atomic mass is 35.5. The predicted octanol–water partition coefficient (Wildman–Crippen LogP) is 3.89. The number of halogens is 1. The average Bonchev–Trinajstić information content (AvgIpc) is 2.64. The highest BCUT2D eigenvalue weighted by molar-refractivity contribution is 7.92. The van der Waals surface area contributed by atoms with Crippen molar-refractivity contribution in [3.63, 3.8) is 0 Å². The number of ether oxygens (including phenoxy) is 1. The van der Waals surface area contributed by atoms with Crippen molar-refractivity contribution in [2.24, 2.45) is 0 Å². The summed E-state index contributed by atoms with van der Waals surface area (Å²) in [5.74, 6) is 0.496. The van der Waals surface area contributed by atoms with Crippen LogP contribution >= 0.6 is 11.6 Å². The molecule has 2 aromatic rings. The molecule has 8 heteroatoms. The number of rotatable bonds is 9. The van der Waals surface area contributed by atoms with Crippen LogP contribution < -0.4 is 14.4 Å². The van der Waals surface area contributed by atoms with Gasteiger partial charge in [0.05, 0.1) is 28.6 Å². The van der Waals surface area contributed by atoms with E-state index < -0.39 is 10.0 Å². The number of sulfonamides is 1. The van der Waals surface area contributed by atoms with Crippen molar-refractivity contribution in [1.29, 1.82) is 0 Å². The Labute approximate surface area is 177 Å². The van der Waals surface area contributed by atoms with E-state index in [2.05, 4.69) is 5.32 Å². The number of hydrogen-bond donors (Lipinski definition) is 1. The predicted molar refractivity (Wildman–Crippen MR) is 118 cm³/mol. The lowest BCUT2D eigenvalue weighted by Crippen LogP contribution is -2.27. The zero-order chi connectivity index (χ0) is 21.6. The lowest BCUT2D eigenvalue weighted by atomic mass is 10.1. The second-order valence-corrected chi connectivity index (χ2v) is 9.49. The summed E-state index contributed by atoms with van der Waals surface area (Å²) in [5.41, 5.74) is 1.75. The third kappa shape index (κ3) is 6.94. The van der Waals surface area contributed by atoms with Crippen LogP contribution in [0.15, 0.2) is 42.5 Å². The van der Waals surface area contributed by atoms with Gasteiger partial charge in [0, 0.05) is 13.6 Å². The second-order valence-electron chi connectivity index (χ2n) is 7.07. The molecular formula is C21H27ClN2O4S. The molecule has 1 N–H and O–H groups in total. The van der Waals surface area contributed by atoms with Gasteiger partial charge in [-0.05, 0) is 62.6 Å². The molecule has 158 valence electrons. The molecule has 0 heterocycles. The maximum absolute atomic E-state index is 12.5. The van der Waals surface area contributed by atoms with Crippen LogP contribution in [0.2, 0.25) is 5.02 Å². The summed E-state index contributed by atoms with van der Waals surface area (Å²) in [6.45, 7) is 4.43. The molecule has 0 aliphatic heterocycles. The molecule has 0 unspecified atom stereocenters. The van der Waals surface area contributed by atoms with Crippen molar-refractivity contribution in [2.45, 2.75) is 32.8 Å². The first kappa shape index (κ1) is 23.0. The van der Waals surface area contributed by atoms with Crippen LogP contribution in [-0.4, -0.2) is 40.3 Å². The van der Waals surface area contributed by atoms with Crippen LogP contribution in [-0.2, 0) is 16.4 Å². The summed E-state index contributed by atoms with van der Waals surface area (Å²) in [5, 5.41) is 3.11. The number of anilines is 1. The molecule has 0 saturated carbocycles. The maximum atomic E-state index is 12.5. The van der Waals surface area contributed by atoms with E-state index in [-0.39, 0.29) is 22.6 Å². The van der Waals surface area contributed by atoms with E-state index in [0.29, 0.717) is 12.2 Å². The van der Waals surface area contributed by atoms with Gasteiger partial charge in [0.15, 0.2) is 0 Å². The van der Waals surface area contributed by atoms with Gasteiger partial charge in [-0.25, -0.2) is 8.42 Å². The summed E-state index contributed by atoms with van der Waals surface area (Å²) in [4.78, 5) is 12.5. The lowest BCUT2D eigenvalue weighted by molar-refractivity contribution is 0.0953. The summed E-state index contributed by atoms with van der Waals surface area (Å²) in [7, 11) is -2.00. The largest absolute Gasteiger partial charge is 0.491 e. The van der Waals surface area contributed by atoms with E-state index in [1.165, 1.54) is 19.2 Å². The summed E-state index contributed by atoms with van der Waals surface area (Å²) < 4.78 is 30.2. The molecule has 2 aromatic carbocycles. The van der Waals surface area contributed by atoms with Gasteiger partial charge in [0.1, 0.15) is 5.75 Å². The molecule has 0 aromatic heterocycles. The van der Waals surface area contributed by atoms with Crippen LogP contribution in [0, 0.1) is 0 Å². The zero-order valence-corrected chi connectivity index (χ0v) is 18.7. The number of hydrogen-bond acceptors (Lipinski definition) is 4. The monoisotopic (exact) mass is 438 g/mol. The molecule has 0 atom stereocenters. The molecule has 6 nitrogen and oxygen atoms in total. The maximum Gasteiger partial charge on any atom is 0.252 e. The van der Waals surface area contributed by atoms with Crippen LogP contribution in [0.3, 0.4) is 0 Å². The normalized spacial score (nSPS) is 11.4. The van der Waals surface area contributed by atoms with Crippen molar-refractivity contribution in [3.8, 4) is 5.75 Å². The highest BCUT2D eigenvalue weighted by Crippen LogP contribution is 2.24. The summed E-state index contributed by atoms with van der Waals surface area (Å²) in [6, 6.07) is 12.5. The Morgan fingerprint density at radius 1 is 1.21 bits per heavy atom. The van der Waals surface area contributed by atoms with Crippen molar-refractivity contribution >= 4 is 33.2 Å². The third-order valence-corrected chi connectivity index (χ3v) is 5.79. The smallest absolute Gasteiger partial charge is 0.252 e. The topological polar surface area (TPSA) is 75.7 Å². The number of carbonyl (C=O) groups excluding carboxylic acids is 1. The van der Waals surface area contributed by atoms with Gasteiger partial charge in [0.2, 0.25) is 10.0 Å². The Balaban J connectivity index is 1.94. The van der Waals surface area contributed by atoms with Gasteiger partial charge < -0.3 is 10.1 Å². The van der Waals surface area contributed by atoms with Crippen molar-refractivity contribution in [2.75, 3.05) is 24.2 Å². The Hall–Kier alpha value is -2.25. The Morgan fingerprint density at radius 2 is 1.93 bits per heavy atom. The molecule has 1 amide bonds. The number of carbonyl (C=O) groups is 1. The van der Waals surface area contributed by atoms with Crippen molar-refractivity contribution in [1.82, 2.24) is 5.32 Å². The van der Waals surface area contributed by atoms with Gasteiger partial charge in [-0.1, -0.05) is 23.7 Å². The van der Waals surface area contributed by atoms with E-state index in [9.17, 15) is 13.2 Å². The molecule has 0 radical (unpaired) electrons. The number of aryl methyl sites for hydroxylation is 1. The zero-order valence-electron chi connectivity index (χ0n) is 17.1. The minimum absolute atomic E-state index is 0.117. The second kappa shape index (κ2) is 9.98. The standard InChI is InChI=1S/C21H27ClN2O4S/c1-15(2)28-18-9-5-7-16(13-18)8-6-12-23-21(25)19-14-17(10-11-20(19)22)24(3)29(4,26)27/h5,7,9-11,13-15H,6,8,12H2,1-4H3,(H,23,25). The minimum Gasteiger partial charge on any atom is -0.491 e. The molecule has 0 saturated heterocycles.